The molecule has 0 amide bonds. The summed E-state index contributed by atoms with van der Waals surface area (Å²) in [6, 6.07) is 14.0. The largest absolute Gasteiger partial charge is 0.494 e. The van der Waals surface area contributed by atoms with Gasteiger partial charge in [-0.2, -0.15) is 0 Å². The van der Waals surface area contributed by atoms with Gasteiger partial charge in [-0.25, -0.2) is 4.99 Å². The first-order chi connectivity index (χ1) is 13.0. The Labute approximate surface area is 162 Å². The first-order valence-corrected chi connectivity index (χ1v) is 9.21. The second-order valence-electron chi connectivity index (χ2n) is 6.40. The van der Waals surface area contributed by atoms with Crippen molar-refractivity contribution in [3.8, 4) is 11.5 Å². The summed E-state index contributed by atoms with van der Waals surface area (Å²) in [6.45, 7) is 6.49. The van der Waals surface area contributed by atoms with Crippen LogP contribution in [0.3, 0.4) is 0 Å². The molecule has 3 N–H and O–H groups in total. The number of aliphatic imine (C=N–C) groups is 1. The molecular weight excluding hydrogens is 340 g/mol. The average molecular weight is 370 g/mol. The van der Waals surface area contributed by atoms with E-state index >= 15 is 0 Å². The molecule has 0 fully saturated rings. The molecule has 2 aromatic carbocycles. The number of nitrogens with two attached hydrogens (primary N) is 1. The van der Waals surface area contributed by atoms with Gasteiger partial charge in [0.25, 0.3) is 0 Å². The van der Waals surface area contributed by atoms with Crippen molar-refractivity contribution < 1.29 is 9.47 Å². The van der Waals surface area contributed by atoms with Crippen molar-refractivity contribution in [3.63, 3.8) is 0 Å². The van der Waals surface area contributed by atoms with E-state index in [2.05, 4.69) is 53.6 Å². The van der Waals surface area contributed by atoms with Crippen molar-refractivity contribution in [2.45, 2.75) is 26.9 Å². The molecule has 0 unspecified atom stereocenters. The highest BCUT2D eigenvalue weighted by Crippen LogP contribution is 2.29. The van der Waals surface area contributed by atoms with E-state index in [1.807, 2.05) is 32.0 Å². The van der Waals surface area contributed by atoms with Gasteiger partial charge in [0.2, 0.25) is 0 Å². The standard InChI is InChI=1S/C21H30N4O2/c1-5-26-18-11-12-20(27-6-2)19(13-18)24-21(22)23-14-16-7-9-17(10-8-16)15-25(3)4/h7-13H,5-6,14-15H2,1-4H3,(H3,22,23,24). The molecule has 6 nitrogen and oxygen atoms in total. The van der Waals surface area contributed by atoms with Gasteiger partial charge in [0.1, 0.15) is 11.5 Å². The van der Waals surface area contributed by atoms with Gasteiger partial charge in [-0.15, -0.1) is 0 Å². The highest BCUT2D eigenvalue weighted by molar-refractivity contribution is 5.94. The van der Waals surface area contributed by atoms with Crippen LogP contribution in [0.15, 0.2) is 47.5 Å². The molecule has 27 heavy (non-hydrogen) atoms. The Morgan fingerprint density at radius 1 is 1.00 bits per heavy atom. The van der Waals surface area contributed by atoms with Crippen molar-refractivity contribution in [1.82, 2.24) is 4.90 Å². The molecule has 0 atom stereocenters. The van der Waals surface area contributed by atoms with E-state index in [4.69, 9.17) is 15.2 Å². The van der Waals surface area contributed by atoms with E-state index in [1.54, 1.807) is 0 Å². The van der Waals surface area contributed by atoms with Crippen molar-refractivity contribution in [2.75, 3.05) is 32.6 Å². The normalized spacial score (nSPS) is 11.5. The fraction of sp³-hybridized carbons (Fsp3) is 0.381. The third kappa shape index (κ3) is 6.83. The summed E-state index contributed by atoms with van der Waals surface area (Å²) in [5.41, 5.74) is 9.19. The quantitative estimate of drug-likeness (QED) is 0.522. The molecule has 2 aromatic rings. The molecule has 146 valence electrons. The summed E-state index contributed by atoms with van der Waals surface area (Å²) in [4.78, 5) is 6.57. The van der Waals surface area contributed by atoms with Crippen LogP contribution in [0.25, 0.3) is 0 Å². The lowest BCUT2D eigenvalue weighted by Crippen LogP contribution is -2.23. The van der Waals surface area contributed by atoms with Crippen LogP contribution in [0.1, 0.15) is 25.0 Å². The molecule has 2 rings (SSSR count). The highest BCUT2D eigenvalue weighted by atomic mass is 16.5. The predicted octanol–water partition coefficient (Wildman–Crippen LogP) is 3.47. The van der Waals surface area contributed by atoms with Crippen LogP contribution in [-0.4, -0.2) is 38.2 Å². The summed E-state index contributed by atoms with van der Waals surface area (Å²) in [5.74, 6) is 1.81. The average Bonchev–Trinajstić information content (AvgIpc) is 2.63. The molecule has 0 spiro atoms. The van der Waals surface area contributed by atoms with Gasteiger partial charge >= 0.3 is 0 Å². The van der Waals surface area contributed by atoms with Gasteiger partial charge in [-0.05, 0) is 51.2 Å². The summed E-state index contributed by atoms with van der Waals surface area (Å²) in [7, 11) is 4.11. The lowest BCUT2D eigenvalue weighted by atomic mass is 10.1. The third-order valence-corrected chi connectivity index (χ3v) is 3.78. The van der Waals surface area contributed by atoms with E-state index in [0.717, 1.165) is 23.5 Å². The Hall–Kier alpha value is -2.73. The summed E-state index contributed by atoms with van der Waals surface area (Å²) in [5, 5.41) is 3.12. The van der Waals surface area contributed by atoms with Crippen molar-refractivity contribution in [2.24, 2.45) is 10.7 Å². The monoisotopic (exact) mass is 370 g/mol. The van der Waals surface area contributed by atoms with Crippen LogP contribution < -0.4 is 20.5 Å². The van der Waals surface area contributed by atoms with E-state index in [9.17, 15) is 0 Å². The first kappa shape index (κ1) is 20.6. The molecule has 0 heterocycles. The molecule has 0 radical (unpaired) electrons. The molecule has 0 aliphatic rings. The van der Waals surface area contributed by atoms with Crippen LogP contribution in [-0.2, 0) is 13.1 Å². The maximum absolute atomic E-state index is 6.07. The number of hydrogen-bond acceptors (Lipinski definition) is 4. The minimum absolute atomic E-state index is 0.335. The lowest BCUT2D eigenvalue weighted by molar-refractivity contribution is 0.332. The van der Waals surface area contributed by atoms with E-state index in [-0.39, 0.29) is 0 Å². The molecule has 0 saturated heterocycles. The number of guanidine groups is 1. The fourth-order valence-corrected chi connectivity index (χ4v) is 2.61. The topological polar surface area (TPSA) is 72.1 Å². The first-order valence-electron chi connectivity index (χ1n) is 9.21. The lowest BCUT2D eigenvalue weighted by Gasteiger charge is -2.14. The summed E-state index contributed by atoms with van der Waals surface area (Å²) >= 11 is 0. The molecular formula is C21H30N4O2. The number of hydrogen-bond donors (Lipinski definition) is 2. The maximum Gasteiger partial charge on any atom is 0.193 e. The number of nitrogens with one attached hydrogen (secondary N) is 1. The van der Waals surface area contributed by atoms with Crippen molar-refractivity contribution in [1.29, 1.82) is 0 Å². The Morgan fingerprint density at radius 2 is 1.67 bits per heavy atom. The Morgan fingerprint density at radius 3 is 2.30 bits per heavy atom. The van der Waals surface area contributed by atoms with Crippen LogP contribution in [0, 0.1) is 0 Å². The molecule has 0 bridgehead atoms. The zero-order chi connectivity index (χ0) is 19.6. The second kappa shape index (κ2) is 10.4. The van der Waals surface area contributed by atoms with Gasteiger partial charge in [0.15, 0.2) is 5.96 Å². The number of ether oxygens (including phenoxy) is 2. The van der Waals surface area contributed by atoms with Crippen LogP contribution in [0.5, 0.6) is 11.5 Å². The van der Waals surface area contributed by atoms with Gasteiger partial charge in [0.05, 0.1) is 25.4 Å². The fourth-order valence-electron chi connectivity index (χ4n) is 2.61. The SMILES string of the molecule is CCOc1ccc(OCC)c(NC(N)=NCc2ccc(CN(C)C)cc2)c1. The van der Waals surface area contributed by atoms with Gasteiger partial charge in [0, 0.05) is 12.6 Å². The van der Waals surface area contributed by atoms with Crippen molar-refractivity contribution >= 4 is 11.6 Å². The van der Waals surface area contributed by atoms with Crippen LogP contribution in [0.4, 0.5) is 5.69 Å². The van der Waals surface area contributed by atoms with Crippen molar-refractivity contribution in [3.05, 3.63) is 53.6 Å². The highest BCUT2D eigenvalue weighted by Gasteiger charge is 2.07. The molecule has 0 aromatic heterocycles. The van der Waals surface area contributed by atoms with Gasteiger partial charge in [-0.3, -0.25) is 0 Å². The molecule has 0 aliphatic carbocycles. The van der Waals surface area contributed by atoms with E-state index < -0.39 is 0 Å². The Kier molecular flexibility index (Phi) is 7.95. The van der Waals surface area contributed by atoms with E-state index in [1.165, 1.54) is 5.56 Å². The zero-order valence-electron chi connectivity index (χ0n) is 16.7. The van der Waals surface area contributed by atoms with Gasteiger partial charge < -0.3 is 25.4 Å². The second-order valence-corrected chi connectivity index (χ2v) is 6.40. The smallest absolute Gasteiger partial charge is 0.193 e. The zero-order valence-corrected chi connectivity index (χ0v) is 16.7. The van der Waals surface area contributed by atoms with Crippen LogP contribution >= 0.6 is 0 Å². The number of benzene rings is 2. The maximum atomic E-state index is 6.07. The Bertz CT molecular complexity index is 742. The van der Waals surface area contributed by atoms with Crippen LogP contribution in [0.2, 0.25) is 0 Å². The van der Waals surface area contributed by atoms with Gasteiger partial charge in [-0.1, -0.05) is 24.3 Å². The number of anilines is 1. The molecule has 0 aliphatic heterocycles. The minimum atomic E-state index is 0.335. The molecule has 6 heteroatoms. The molecule has 0 saturated carbocycles. The van der Waals surface area contributed by atoms with E-state index in [0.29, 0.717) is 31.5 Å². The third-order valence-electron chi connectivity index (χ3n) is 3.78. The minimum Gasteiger partial charge on any atom is -0.494 e. The number of nitrogens with zero attached hydrogens (tertiary/aromatic N) is 2. The number of rotatable bonds is 9. The summed E-state index contributed by atoms with van der Waals surface area (Å²) < 4.78 is 11.2. The Balaban J connectivity index is 2.04. The summed E-state index contributed by atoms with van der Waals surface area (Å²) in [6.07, 6.45) is 0. The predicted molar refractivity (Wildman–Crippen MR) is 112 cm³/mol.